The number of benzene rings is 1. The first-order chi connectivity index (χ1) is 12.7. The van der Waals surface area contributed by atoms with Gasteiger partial charge in [-0.3, -0.25) is 9.59 Å². The van der Waals surface area contributed by atoms with Crippen molar-refractivity contribution >= 4 is 11.9 Å². The first-order valence-electron chi connectivity index (χ1n) is 9.48. The number of halogens is 1. The van der Waals surface area contributed by atoms with Crippen molar-refractivity contribution in [2.24, 2.45) is 5.92 Å². The van der Waals surface area contributed by atoms with Crippen molar-refractivity contribution in [3.63, 3.8) is 0 Å². The number of nitrogens with zero attached hydrogens (tertiary/aromatic N) is 1. The molecule has 0 unspecified atom stereocenters. The summed E-state index contributed by atoms with van der Waals surface area (Å²) in [5, 5.41) is 0. The third-order valence-corrected chi connectivity index (χ3v) is 4.96. The van der Waals surface area contributed by atoms with E-state index in [1.165, 1.54) is 19.2 Å². The van der Waals surface area contributed by atoms with Gasteiger partial charge in [0.05, 0.1) is 20.1 Å². The van der Waals surface area contributed by atoms with Crippen molar-refractivity contribution in [1.82, 2.24) is 4.90 Å². The number of hydrogen-bond donors (Lipinski definition) is 0. The first-order valence-corrected chi connectivity index (χ1v) is 9.48. The van der Waals surface area contributed by atoms with Crippen LogP contribution in [0.3, 0.4) is 0 Å². The maximum Gasteiger partial charge on any atom is 0.306 e. The average molecular weight is 379 g/mol. The Bertz CT molecular complexity index is 661. The normalized spacial score (nSPS) is 15.5. The quantitative estimate of drug-likeness (QED) is 0.708. The highest BCUT2D eigenvalue weighted by atomic mass is 19.1. The van der Waals surface area contributed by atoms with E-state index in [0.717, 1.165) is 24.2 Å². The molecule has 0 aliphatic carbocycles. The number of rotatable bonds is 6. The molecule has 6 heteroatoms. The largest absolute Gasteiger partial charge is 0.493 e. The molecule has 27 heavy (non-hydrogen) atoms. The molecule has 0 radical (unpaired) electrons. The summed E-state index contributed by atoms with van der Waals surface area (Å²) in [5.74, 6) is 0.452. The zero-order valence-electron chi connectivity index (χ0n) is 16.7. The van der Waals surface area contributed by atoms with Crippen molar-refractivity contribution < 1.29 is 23.5 Å². The van der Waals surface area contributed by atoms with Crippen LogP contribution < -0.4 is 4.74 Å². The van der Waals surface area contributed by atoms with E-state index < -0.39 is 0 Å². The molecule has 1 aromatic rings. The van der Waals surface area contributed by atoms with Gasteiger partial charge in [0.1, 0.15) is 11.6 Å². The lowest BCUT2D eigenvalue weighted by molar-refractivity contribution is -0.144. The van der Waals surface area contributed by atoms with Gasteiger partial charge in [0.2, 0.25) is 5.91 Å². The van der Waals surface area contributed by atoms with Crippen LogP contribution in [0.5, 0.6) is 5.75 Å². The van der Waals surface area contributed by atoms with E-state index in [-0.39, 0.29) is 36.0 Å². The third kappa shape index (κ3) is 6.22. The van der Waals surface area contributed by atoms with Gasteiger partial charge in [-0.05, 0) is 42.4 Å². The van der Waals surface area contributed by atoms with Crippen LogP contribution in [0.25, 0.3) is 0 Å². The van der Waals surface area contributed by atoms with Gasteiger partial charge in [-0.15, -0.1) is 0 Å². The number of carbonyl (C=O) groups excluding carboxylic acids is 2. The van der Waals surface area contributed by atoms with Crippen LogP contribution in [-0.2, 0) is 19.7 Å². The molecule has 0 saturated carbocycles. The smallest absolute Gasteiger partial charge is 0.306 e. The summed E-state index contributed by atoms with van der Waals surface area (Å²) in [6, 6.07) is 4.66. The van der Waals surface area contributed by atoms with Crippen molar-refractivity contribution in [3.05, 3.63) is 29.6 Å². The van der Waals surface area contributed by atoms with Crippen LogP contribution in [0.1, 0.15) is 52.0 Å². The van der Waals surface area contributed by atoms with Gasteiger partial charge in [0.25, 0.3) is 0 Å². The predicted molar refractivity (Wildman–Crippen MR) is 101 cm³/mol. The van der Waals surface area contributed by atoms with Gasteiger partial charge in [-0.25, -0.2) is 4.39 Å². The summed E-state index contributed by atoms with van der Waals surface area (Å²) >= 11 is 0. The summed E-state index contributed by atoms with van der Waals surface area (Å²) in [7, 11) is 1.32. The minimum Gasteiger partial charge on any atom is -0.493 e. The zero-order valence-corrected chi connectivity index (χ0v) is 16.7. The summed E-state index contributed by atoms with van der Waals surface area (Å²) in [6.45, 7) is 8.00. The van der Waals surface area contributed by atoms with Gasteiger partial charge < -0.3 is 14.4 Å². The maximum absolute atomic E-state index is 13.6. The SMILES string of the molecule is COC(=O)CCC(=O)N1CCC(COc2ccc(F)cc2C(C)(C)C)CC1. The highest BCUT2D eigenvalue weighted by Gasteiger charge is 2.25. The Balaban J connectivity index is 1.83. The molecule has 5 nitrogen and oxygen atoms in total. The lowest BCUT2D eigenvalue weighted by atomic mass is 9.86. The average Bonchev–Trinajstić information content (AvgIpc) is 2.64. The molecular formula is C21H30FNO4. The van der Waals surface area contributed by atoms with Crippen LogP contribution in [0, 0.1) is 11.7 Å². The molecule has 1 amide bonds. The number of amides is 1. The minimum absolute atomic E-state index is 0.00618. The molecule has 1 aliphatic heterocycles. The number of esters is 1. The summed E-state index contributed by atoms with van der Waals surface area (Å²) in [6.07, 6.45) is 2.03. The molecule has 1 heterocycles. The van der Waals surface area contributed by atoms with Crippen molar-refractivity contribution in [1.29, 1.82) is 0 Å². The van der Waals surface area contributed by atoms with Gasteiger partial charge >= 0.3 is 5.97 Å². The van der Waals surface area contributed by atoms with Gasteiger partial charge in [-0.1, -0.05) is 20.8 Å². The lowest BCUT2D eigenvalue weighted by Crippen LogP contribution is -2.39. The second kappa shape index (κ2) is 9.20. The molecule has 0 bridgehead atoms. The van der Waals surface area contributed by atoms with Crippen LogP contribution >= 0.6 is 0 Å². The van der Waals surface area contributed by atoms with Gasteiger partial charge in [0, 0.05) is 25.1 Å². The highest BCUT2D eigenvalue weighted by Crippen LogP contribution is 2.32. The summed E-state index contributed by atoms with van der Waals surface area (Å²) < 4.78 is 24.2. The molecule has 0 N–H and O–H groups in total. The Morgan fingerprint density at radius 3 is 2.44 bits per heavy atom. The summed E-state index contributed by atoms with van der Waals surface area (Å²) in [5.41, 5.74) is 0.658. The molecular weight excluding hydrogens is 349 g/mol. The van der Waals surface area contributed by atoms with E-state index in [0.29, 0.717) is 25.6 Å². The molecule has 1 fully saturated rings. The fourth-order valence-corrected chi connectivity index (χ4v) is 3.24. The van der Waals surface area contributed by atoms with E-state index >= 15 is 0 Å². The predicted octanol–water partition coefficient (Wildman–Crippen LogP) is 3.69. The molecule has 0 aromatic heterocycles. The van der Waals surface area contributed by atoms with Crippen LogP contribution in [0.4, 0.5) is 4.39 Å². The molecule has 2 rings (SSSR count). The fourth-order valence-electron chi connectivity index (χ4n) is 3.24. The van der Waals surface area contributed by atoms with Crippen LogP contribution in [0.15, 0.2) is 18.2 Å². The van der Waals surface area contributed by atoms with Gasteiger partial charge in [-0.2, -0.15) is 0 Å². The minimum atomic E-state index is -0.361. The lowest BCUT2D eigenvalue weighted by Gasteiger charge is -2.32. The third-order valence-electron chi connectivity index (χ3n) is 4.96. The second-order valence-electron chi connectivity index (χ2n) is 8.10. The zero-order chi connectivity index (χ0) is 20.0. The molecule has 0 atom stereocenters. The van der Waals surface area contributed by atoms with Crippen molar-refractivity contribution in [3.8, 4) is 5.75 Å². The maximum atomic E-state index is 13.6. The molecule has 150 valence electrons. The second-order valence-corrected chi connectivity index (χ2v) is 8.10. The van der Waals surface area contributed by atoms with Crippen molar-refractivity contribution in [2.45, 2.75) is 51.9 Å². The molecule has 1 saturated heterocycles. The number of carbonyl (C=O) groups is 2. The Morgan fingerprint density at radius 2 is 1.85 bits per heavy atom. The van der Waals surface area contributed by atoms with E-state index in [1.54, 1.807) is 11.0 Å². The molecule has 1 aromatic carbocycles. The molecule has 0 spiro atoms. The number of likely N-dealkylation sites (tertiary alicyclic amines) is 1. The fraction of sp³-hybridized carbons (Fsp3) is 0.619. The Morgan fingerprint density at radius 1 is 1.19 bits per heavy atom. The van der Waals surface area contributed by atoms with Crippen LogP contribution in [-0.4, -0.2) is 43.6 Å². The van der Waals surface area contributed by atoms with E-state index in [1.807, 2.05) is 20.8 Å². The number of ether oxygens (including phenoxy) is 2. The van der Waals surface area contributed by atoms with Crippen molar-refractivity contribution in [2.75, 3.05) is 26.8 Å². The van der Waals surface area contributed by atoms with Crippen LogP contribution in [0.2, 0.25) is 0 Å². The molecule has 1 aliphatic rings. The standard InChI is InChI=1S/C21H30FNO4/c1-21(2,3)17-13-16(22)5-6-18(17)27-14-15-9-11-23(12-10-15)19(24)7-8-20(25)26-4/h5-6,13,15H,7-12,14H2,1-4H3. The number of piperidine rings is 1. The van der Waals surface area contributed by atoms with E-state index in [9.17, 15) is 14.0 Å². The Kier molecular flexibility index (Phi) is 7.22. The monoisotopic (exact) mass is 379 g/mol. The van der Waals surface area contributed by atoms with Gasteiger partial charge in [0.15, 0.2) is 0 Å². The first kappa shape index (κ1) is 21.2. The van der Waals surface area contributed by atoms with E-state index in [4.69, 9.17) is 4.74 Å². The van der Waals surface area contributed by atoms with E-state index in [2.05, 4.69) is 4.74 Å². The summed E-state index contributed by atoms with van der Waals surface area (Å²) in [4.78, 5) is 25.1. The number of hydrogen-bond acceptors (Lipinski definition) is 4. The topological polar surface area (TPSA) is 55.8 Å². The highest BCUT2D eigenvalue weighted by molar-refractivity contribution is 5.81. The Labute approximate surface area is 160 Å². The Hall–Kier alpha value is -2.11. The number of methoxy groups -OCH3 is 1.